The Kier molecular flexibility index (Phi) is 8.73. The standard InChI is InChI=1S/C26H24F6N4O3/c27-25(28,29)20-16-21(26(30,31)32)36-24(34-20)22(23(35-36)18-4-2-1-3-5-18)17-6-8-19(9-7-17)39-15-14-38-13-12-37-11-10-33/h1-9,16H,10-15,33H2. The number of hydrogen-bond donors (Lipinski definition) is 1. The number of halogens is 6. The third-order valence-electron chi connectivity index (χ3n) is 5.49. The molecule has 0 aliphatic carbocycles. The summed E-state index contributed by atoms with van der Waals surface area (Å²) >= 11 is 0. The number of fused-ring (bicyclic) bond motifs is 1. The molecule has 208 valence electrons. The van der Waals surface area contributed by atoms with Crippen molar-refractivity contribution in [2.45, 2.75) is 12.4 Å². The summed E-state index contributed by atoms with van der Waals surface area (Å²) in [5.41, 5.74) is 2.28. The smallest absolute Gasteiger partial charge is 0.433 e. The zero-order valence-electron chi connectivity index (χ0n) is 20.4. The molecule has 0 fully saturated rings. The molecule has 39 heavy (non-hydrogen) atoms. The lowest BCUT2D eigenvalue weighted by Crippen LogP contribution is -2.18. The first-order valence-electron chi connectivity index (χ1n) is 11.8. The number of benzene rings is 2. The predicted octanol–water partition coefficient (Wildman–Crippen LogP) is 5.47. The highest BCUT2D eigenvalue weighted by atomic mass is 19.4. The minimum Gasteiger partial charge on any atom is -0.491 e. The van der Waals surface area contributed by atoms with Gasteiger partial charge < -0.3 is 19.9 Å². The van der Waals surface area contributed by atoms with Gasteiger partial charge in [-0.25, -0.2) is 9.50 Å². The molecule has 0 unspecified atom stereocenters. The number of nitrogens with zero attached hydrogens (tertiary/aromatic N) is 3. The number of aromatic nitrogens is 3. The van der Waals surface area contributed by atoms with Crippen LogP contribution in [0.5, 0.6) is 5.75 Å². The fraction of sp³-hybridized carbons (Fsp3) is 0.308. The lowest BCUT2D eigenvalue weighted by Gasteiger charge is -2.13. The van der Waals surface area contributed by atoms with Crippen LogP contribution in [-0.4, -0.2) is 54.2 Å². The summed E-state index contributed by atoms with van der Waals surface area (Å²) in [4.78, 5) is 3.57. The molecule has 0 radical (unpaired) electrons. The van der Waals surface area contributed by atoms with Crippen LogP contribution in [0.25, 0.3) is 28.0 Å². The highest BCUT2D eigenvalue weighted by molar-refractivity contribution is 5.90. The predicted molar refractivity (Wildman–Crippen MR) is 130 cm³/mol. The molecule has 0 aliphatic rings. The number of alkyl halides is 6. The Balaban J connectivity index is 1.68. The number of nitrogens with two attached hydrogens (primary N) is 1. The van der Waals surface area contributed by atoms with Crippen molar-refractivity contribution in [2.75, 3.05) is 39.6 Å². The van der Waals surface area contributed by atoms with Crippen LogP contribution in [0.1, 0.15) is 11.4 Å². The maximum absolute atomic E-state index is 13.8. The van der Waals surface area contributed by atoms with Gasteiger partial charge in [0, 0.05) is 12.1 Å². The minimum absolute atomic E-state index is 0.0187. The maximum Gasteiger partial charge on any atom is 0.433 e. The zero-order valence-corrected chi connectivity index (χ0v) is 20.4. The molecule has 13 heteroatoms. The van der Waals surface area contributed by atoms with Gasteiger partial charge in [-0.1, -0.05) is 42.5 Å². The van der Waals surface area contributed by atoms with E-state index in [4.69, 9.17) is 19.9 Å². The first-order valence-corrected chi connectivity index (χ1v) is 11.8. The van der Waals surface area contributed by atoms with Crippen molar-refractivity contribution in [3.63, 3.8) is 0 Å². The Morgan fingerprint density at radius 3 is 2.00 bits per heavy atom. The molecular weight excluding hydrogens is 530 g/mol. The number of rotatable bonds is 11. The second-order valence-electron chi connectivity index (χ2n) is 8.23. The van der Waals surface area contributed by atoms with Gasteiger partial charge in [0.1, 0.15) is 23.7 Å². The molecule has 4 rings (SSSR count). The molecule has 0 atom stereocenters. The second-order valence-corrected chi connectivity index (χ2v) is 8.23. The molecule has 2 heterocycles. The minimum atomic E-state index is -5.12. The van der Waals surface area contributed by atoms with Crippen LogP contribution in [0, 0.1) is 0 Å². The molecule has 2 N–H and O–H groups in total. The first-order chi connectivity index (χ1) is 18.6. The van der Waals surface area contributed by atoms with E-state index in [0.717, 1.165) is 0 Å². The molecule has 0 amide bonds. The number of hydrogen-bond acceptors (Lipinski definition) is 6. The Morgan fingerprint density at radius 2 is 1.38 bits per heavy atom. The fourth-order valence-electron chi connectivity index (χ4n) is 3.77. The molecule has 7 nitrogen and oxygen atoms in total. The molecule has 0 aliphatic heterocycles. The van der Waals surface area contributed by atoms with Crippen molar-refractivity contribution in [1.82, 2.24) is 14.6 Å². The van der Waals surface area contributed by atoms with E-state index in [1.54, 1.807) is 42.5 Å². The van der Waals surface area contributed by atoms with Crippen LogP contribution in [0.2, 0.25) is 0 Å². The Morgan fingerprint density at radius 1 is 0.744 bits per heavy atom. The van der Waals surface area contributed by atoms with Gasteiger partial charge in [0.25, 0.3) is 0 Å². The summed E-state index contributed by atoms with van der Waals surface area (Å²) in [6, 6.07) is 14.3. The summed E-state index contributed by atoms with van der Waals surface area (Å²) in [7, 11) is 0. The topological polar surface area (TPSA) is 83.9 Å². The Labute approximate surface area is 219 Å². The van der Waals surface area contributed by atoms with Gasteiger partial charge in [-0.15, -0.1) is 0 Å². The summed E-state index contributed by atoms with van der Waals surface area (Å²) in [6.45, 7) is 2.12. The maximum atomic E-state index is 13.8. The SMILES string of the molecule is NCCOCCOCCOc1ccc(-c2c(-c3ccccc3)nn3c(C(F)(F)F)cc(C(F)(F)F)nc23)cc1. The summed E-state index contributed by atoms with van der Waals surface area (Å²) in [5.74, 6) is 0.430. The largest absolute Gasteiger partial charge is 0.491 e. The molecule has 2 aromatic heterocycles. The van der Waals surface area contributed by atoms with E-state index < -0.39 is 29.4 Å². The van der Waals surface area contributed by atoms with Gasteiger partial charge in [0.15, 0.2) is 11.3 Å². The van der Waals surface area contributed by atoms with Gasteiger partial charge in [0.2, 0.25) is 0 Å². The van der Waals surface area contributed by atoms with Crippen molar-refractivity contribution in [1.29, 1.82) is 0 Å². The molecule has 0 saturated heterocycles. The summed E-state index contributed by atoms with van der Waals surface area (Å²) < 4.78 is 98.8. The average molecular weight is 554 g/mol. The molecule has 2 aromatic carbocycles. The van der Waals surface area contributed by atoms with Crippen molar-refractivity contribution in [3.05, 3.63) is 72.1 Å². The summed E-state index contributed by atoms with van der Waals surface area (Å²) in [6.07, 6.45) is -10.2. The van der Waals surface area contributed by atoms with E-state index >= 15 is 0 Å². The molecule has 4 aromatic rings. The van der Waals surface area contributed by atoms with E-state index in [1.807, 2.05) is 0 Å². The lowest BCUT2D eigenvalue weighted by atomic mass is 10.0. The normalized spacial score (nSPS) is 12.3. The van der Waals surface area contributed by atoms with Crippen LogP contribution >= 0.6 is 0 Å². The van der Waals surface area contributed by atoms with Crippen molar-refractivity contribution in [3.8, 4) is 28.1 Å². The number of ether oxygens (including phenoxy) is 3. The van der Waals surface area contributed by atoms with Gasteiger partial charge in [0.05, 0.1) is 32.0 Å². The zero-order chi connectivity index (χ0) is 28.0. The fourth-order valence-corrected chi connectivity index (χ4v) is 3.77. The van der Waals surface area contributed by atoms with Crippen LogP contribution < -0.4 is 10.5 Å². The molecule has 0 saturated carbocycles. The van der Waals surface area contributed by atoms with Gasteiger partial charge >= 0.3 is 12.4 Å². The Bertz CT molecular complexity index is 1370. The lowest BCUT2D eigenvalue weighted by molar-refractivity contribution is -0.148. The monoisotopic (exact) mass is 554 g/mol. The third-order valence-corrected chi connectivity index (χ3v) is 5.49. The van der Waals surface area contributed by atoms with Crippen molar-refractivity contribution < 1.29 is 40.6 Å². The van der Waals surface area contributed by atoms with Crippen LogP contribution in [0.4, 0.5) is 26.3 Å². The van der Waals surface area contributed by atoms with Crippen molar-refractivity contribution in [2.24, 2.45) is 5.73 Å². The van der Waals surface area contributed by atoms with Gasteiger partial charge in [-0.3, -0.25) is 0 Å². The highest BCUT2D eigenvalue weighted by Gasteiger charge is 2.41. The molecular formula is C26H24F6N4O3. The third kappa shape index (κ3) is 6.85. The Hall–Kier alpha value is -3.68. The van der Waals surface area contributed by atoms with Gasteiger partial charge in [-0.05, 0) is 23.8 Å². The van der Waals surface area contributed by atoms with Crippen LogP contribution in [0.3, 0.4) is 0 Å². The highest BCUT2D eigenvalue weighted by Crippen LogP contribution is 2.40. The van der Waals surface area contributed by atoms with Gasteiger partial charge in [-0.2, -0.15) is 31.4 Å². The van der Waals surface area contributed by atoms with E-state index in [9.17, 15) is 26.3 Å². The quantitative estimate of drug-likeness (QED) is 0.196. The summed E-state index contributed by atoms with van der Waals surface area (Å²) in [5, 5.41) is 4.07. The van der Waals surface area contributed by atoms with E-state index in [0.29, 0.717) is 47.8 Å². The van der Waals surface area contributed by atoms with Crippen molar-refractivity contribution >= 4 is 5.65 Å². The average Bonchev–Trinajstić information content (AvgIpc) is 3.29. The van der Waals surface area contributed by atoms with E-state index in [1.165, 1.54) is 12.1 Å². The van der Waals surface area contributed by atoms with Crippen LogP contribution in [0.15, 0.2) is 60.7 Å². The van der Waals surface area contributed by atoms with E-state index in [-0.39, 0.29) is 30.5 Å². The second kappa shape index (κ2) is 12.0. The molecule has 0 spiro atoms. The first kappa shape index (κ1) is 28.3. The van der Waals surface area contributed by atoms with Crippen LogP contribution in [-0.2, 0) is 21.8 Å². The van der Waals surface area contributed by atoms with E-state index in [2.05, 4.69) is 10.1 Å². The molecule has 0 bridgehead atoms.